The van der Waals surface area contributed by atoms with Crippen molar-refractivity contribution in [3.63, 3.8) is 0 Å². The van der Waals surface area contributed by atoms with E-state index in [9.17, 15) is 10.1 Å². The second kappa shape index (κ2) is 3.31. The molecule has 1 aliphatic heterocycles. The number of fused-ring (bicyclic) bond motifs is 3. The van der Waals surface area contributed by atoms with Gasteiger partial charge in [0.25, 0.3) is 5.69 Å². The number of non-ortho nitro benzene ring substituents is 1. The molecule has 1 aromatic carbocycles. The Bertz CT molecular complexity index is 639. The highest BCUT2D eigenvalue weighted by atomic mass is 16.6. The second-order valence-electron chi connectivity index (χ2n) is 3.87. The van der Waals surface area contributed by atoms with Crippen LogP contribution in [0.5, 0.6) is 5.88 Å². The van der Waals surface area contributed by atoms with E-state index in [1.807, 2.05) is 0 Å². The van der Waals surface area contributed by atoms with E-state index >= 15 is 0 Å². The number of hydrogen-bond donors (Lipinski definition) is 1. The molecule has 6 nitrogen and oxygen atoms in total. The van der Waals surface area contributed by atoms with Crippen LogP contribution in [-0.4, -0.2) is 16.5 Å². The summed E-state index contributed by atoms with van der Waals surface area (Å²) >= 11 is 0. The van der Waals surface area contributed by atoms with E-state index in [2.05, 4.69) is 4.98 Å². The summed E-state index contributed by atoms with van der Waals surface area (Å²) in [4.78, 5) is 14.4. The van der Waals surface area contributed by atoms with Crippen LogP contribution < -0.4 is 10.5 Å². The minimum absolute atomic E-state index is 0.0184. The molecule has 2 aromatic rings. The molecule has 17 heavy (non-hydrogen) atoms. The van der Waals surface area contributed by atoms with E-state index in [1.165, 1.54) is 12.1 Å². The molecule has 0 amide bonds. The molecule has 0 atom stereocenters. The Labute approximate surface area is 96.2 Å². The Balaban J connectivity index is 2.35. The molecule has 6 heteroatoms. The zero-order valence-electron chi connectivity index (χ0n) is 8.84. The van der Waals surface area contributed by atoms with Gasteiger partial charge in [0, 0.05) is 29.5 Å². The van der Waals surface area contributed by atoms with Gasteiger partial charge in [-0.3, -0.25) is 10.1 Å². The molecular formula is C11H9N3O3. The Hall–Kier alpha value is -2.37. The molecule has 0 radical (unpaired) electrons. The van der Waals surface area contributed by atoms with Gasteiger partial charge in [-0.15, -0.1) is 0 Å². The number of pyridine rings is 1. The Kier molecular flexibility index (Phi) is 1.91. The zero-order chi connectivity index (χ0) is 12.0. The van der Waals surface area contributed by atoms with Gasteiger partial charge >= 0.3 is 0 Å². The number of nitro benzene ring substituents is 1. The van der Waals surface area contributed by atoms with Crippen LogP contribution >= 0.6 is 0 Å². The number of nitrogen functional groups attached to an aromatic ring is 1. The number of rotatable bonds is 1. The first-order chi connectivity index (χ1) is 8.16. The summed E-state index contributed by atoms with van der Waals surface area (Å²) in [7, 11) is 0. The van der Waals surface area contributed by atoms with E-state index in [-0.39, 0.29) is 11.5 Å². The number of ether oxygens (including phenoxy) is 1. The fourth-order valence-corrected chi connectivity index (χ4v) is 2.08. The summed E-state index contributed by atoms with van der Waals surface area (Å²) in [6.45, 7) is 0.581. The van der Waals surface area contributed by atoms with Crippen molar-refractivity contribution in [1.29, 1.82) is 0 Å². The predicted molar refractivity (Wildman–Crippen MR) is 62.0 cm³/mol. The smallest absolute Gasteiger partial charge is 0.270 e. The number of anilines is 1. The summed E-state index contributed by atoms with van der Waals surface area (Å²) in [5.41, 5.74) is 6.78. The fraction of sp³-hybridized carbons (Fsp3) is 0.182. The summed E-state index contributed by atoms with van der Waals surface area (Å²) < 4.78 is 5.34. The van der Waals surface area contributed by atoms with Crippen LogP contribution in [0.1, 0.15) is 5.56 Å². The first kappa shape index (κ1) is 9.83. The molecule has 0 aliphatic carbocycles. The summed E-state index contributed by atoms with van der Waals surface area (Å²) in [5.74, 6) is 0.813. The topological polar surface area (TPSA) is 91.3 Å². The van der Waals surface area contributed by atoms with Gasteiger partial charge in [0.2, 0.25) is 5.88 Å². The highest BCUT2D eigenvalue weighted by molar-refractivity contribution is 5.96. The summed E-state index contributed by atoms with van der Waals surface area (Å²) in [6, 6.07) is 4.63. The Morgan fingerprint density at radius 3 is 3.00 bits per heavy atom. The molecule has 0 fully saturated rings. The van der Waals surface area contributed by atoms with E-state index in [0.717, 1.165) is 17.4 Å². The van der Waals surface area contributed by atoms with Gasteiger partial charge < -0.3 is 10.5 Å². The van der Waals surface area contributed by atoms with E-state index < -0.39 is 4.92 Å². The van der Waals surface area contributed by atoms with Crippen LogP contribution in [0.25, 0.3) is 10.8 Å². The van der Waals surface area contributed by atoms with Crippen LogP contribution in [-0.2, 0) is 6.42 Å². The third-order valence-corrected chi connectivity index (χ3v) is 2.89. The van der Waals surface area contributed by atoms with Crippen molar-refractivity contribution in [2.75, 3.05) is 12.3 Å². The van der Waals surface area contributed by atoms with Crippen molar-refractivity contribution < 1.29 is 9.66 Å². The highest BCUT2D eigenvalue weighted by Gasteiger charge is 2.20. The van der Waals surface area contributed by atoms with Gasteiger partial charge in [0.15, 0.2) is 0 Å². The number of nitro groups is 1. The monoisotopic (exact) mass is 231 g/mol. The van der Waals surface area contributed by atoms with Crippen LogP contribution in [0.4, 0.5) is 11.5 Å². The quantitative estimate of drug-likeness (QED) is 0.595. The Morgan fingerprint density at radius 1 is 1.41 bits per heavy atom. The minimum Gasteiger partial charge on any atom is -0.477 e. The minimum atomic E-state index is -0.442. The third-order valence-electron chi connectivity index (χ3n) is 2.89. The average Bonchev–Trinajstić information content (AvgIpc) is 2.76. The summed E-state index contributed by atoms with van der Waals surface area (Å²) in [5, 5.41) is 12.2. The van der Waals surface area contributed by atoms with Crippen molar-refractivity contribution in [2.45, 2.75) is 6.42 Å². The molecule has 0 spiro atoms. The maximum atomic E-state index is 10.7. The van der Waals surface area contributed by atoms with Crippen molar-refractivity contribution >= 4 is 22.3 Å². The predicted octanol–water partition coefficient (Wildman–Crippen LogP) is 1.66. The first-order valence-corrected chi connectivity index (χ1v) is 5.16. The molecule has 1 aliphatic rings. The highest BCUT2D eigenvalue weighted by Crippen LogP contribution is 2.35. The van der Waals surface area contributed by atoms with Crippen molar-refractivity contribution in [1.82, 2.24) is 4.98 Å². The van der Waals surface area contributed by atoms with Gasteiger partial charge in [0.05, 0.1) is 11.5 Å². The van der Waals surface area contributed by atoms with Crippen molar-refractivity contribution in [3.05, 3.63) is 33.9 Å². The standard InChI is InChI=1S/C11H9N3O3/c12-10-9-5-6(14(15)16)1-2-7(9)8-3-4-17-11(8)13-10/h1-2,5H,3-4H2,(H2,12,13). The molecular weight excluding hydrogens is 222 g/mol. The molecule has 0 saturated carbocycles. The number of benzene rings is 1. The van der Waals surface area contributed by atoms with Gasteiger partial charge in [0.1, 0.15) is 5.82 Å². The average molecular weight is 231 g/mol. The van der Waals surface area contributed by atoms with Gasteiger partial charge in [-0.1, -0.05) is 0 Å². The van der Waals surface area contributed by atoms with Gasteiger partial charge in [-0.05, 0) is 11.5 Å². The molecule has 1 aromatic heterocycles. The van der Waals surface area contributed by atoms with E-state index in [0.29, 0.717) is 17.9 Å². The molecule has 2 N–H and O–H groups in total. The first-order valence-electron chi connectivity index (χ1n) is 5.16. The van der Waals surface area contributed by atoms with Crippen LogP contribution in [0.3, 0.4) is 0 Å². The molecule has 86 valence electrons. The van der Waals surface area contributed by atoms with Crippen molar-refractivity contribution in [3.8, 4) is 5.88 Å². The van der Waals surface area contributed by atoms with Gasteiger partial charge in [-0.2, -0.15) is 4.98 Å². The largest absolute Gasteiger partial charge is 0.477 e. The second-order valence-corrected chi connectivity index (χ2v) is 3.87. The lowest BCUT2D eigenvalue weighted by Gasteiger charge is -2.06. The lowest BCUT2D eigenvalue weighted by molar-refractivity contribution is -0.384. The molecule has 0 saturated heterocycles. The fourth-order valence-electron chi connectivity index (χ4n) is 2.08. The normalized spacial score (nSPS) is 13.4. The maximum absolute atomic E-state index is 10.7. The molecule has 3 rings (SSSR count). The third kappa shape index (κ3) is 1.37. The molecule has 0 bridgehead atoms. The lowest BCUT2D eigenvalue weighted by atomic mass is 10.0. The zero-order valence-corrected chi connectivity index (χ0v) is 8.84. The van der Waals surface area contributed by atoms with Crippen LogP contribution in [0.2, 0.25) is 0 Å². The maximum Gasteiger partial charge on any atom is 0.270 e. The number of aromatic nitrogens is 1. The lowest BCUT2D eigenvalue weighted by Crippen LogP contribution is -1.96. The van der Waals surface area contributed by atoms with Crippen molar-refractivity contribution in [2.24, 2.45) is 0 Å². The van der Waals surface area contributed by atoms with E-state index in [4.69, 9.17) is 10.5 Å². The molecule has 0 unspecified atom stereocenters. The number of nitrogens with two attached hydrogens (primary N) is 1. The number of nitrogens with zero attached hydrogens (tertiary/aromatic N) is 2. The number of hydrogen-bond acceptors (Lipinski definition) is 5. The van der Waals surface area contributed by atoms with Gasteiger partial charge in [-0.25, -0.2) is 0 Å². The van der Waals surface area contributed by atoms with E-state index in [1.54, 1.807) is 6.07 Å². The van der Waals surface area contributed by atoms with Crippen LogP contribution in [0, 0.1) is 10.1 Å². The van der Waals surface area contributed by atoms with Crippen LogP contribution in [0.15, 0.2) is 18.2 Å². The Morgan fingerprint density at radius 2 is 2.24 bits per heavy atom. The molecule has 2 heterocycles. The summed E-state index contributed by atoms with van der Waals surface area (Å²) in [6.07, 6.45) is 0.761. The SMILES string of the molecule is Nc1nc2c(c3ccc([N+](=O)[O-])cc13)CCO2.